The van der Waals surface area contributed by atoms with Gasteiger partial charge in [0.25, 0.3) is 0 Å². The topological polar surface area (TPSA) is 64.6 Å². The van der Waals surface area contributed by atoms with Crippen molar-refractivity contribution in [3.63, 3.8) is 0 Å². The molecule has 5 heteroatoms. The minimum atomic E-state index is -0.0839. The van der Waals surface area contributed by atoms with Crippen LogP contribution in [0.5, 0.6) is 0 Å². The summed E-state index contributed by atoms with van der Waals surface area (Å²) in [4.78, 5) is 15.1. The van der Waals surface area contributed by atoms with Crippen LogP contribution < -0.4 is 10.6 Å². The van der Waals surface area contributed by atoms with Crippen LogP contribution in [0.15, 0.2) is 30.3 Å². The van der Waals surface area contributed by atoms with Crippen molar-refractivity contribution in [2.45, 2.75) is 69.1 Å². The Balaban J connectivity index is 1.56. The third-order valence-corrected chi connectivity index (χ3v) is 5.83. The number of aliphatic hydroxyl groups is 1. The number of hydrogen-bond acceptors (Lipinski definition) is 3. The van der Waals surface area contributed by atoms with Gasteiger partial charge >= 0.3 is 6.03 Å². The van der Waals surface area contributed by atoms with Crippen molar-refractivity contribution in [3.8, 4) is 0 Å². The quantitative estimate of drug-likeness (QED) is 0.743. The van der Waals surface area contributed by atoms with Crippen LogP contribution in [0, 0.1) is 0 Å². The Morgan fingerprint density at radius 1 is 1.24 bits per heavy atom. The average molecular weight is 345 g/mol. The molecule has 1 aromatic rings. The van der Waals surface area contributed by atoms with Gasteiger partial charge in [0.15, 0.2) is 0 Å². The highest BCUT2D eigenvalue weighted by Crippen LogP contribution is 2.32. The maximum Gasteiger partial charge on any atom is 0.315 e. The summed E-state index contributed by atoms with van der Waals surface area (Å²) in [6, 6.07) is 11.3. The first-order valence-electron chi connectivity index (χ1n) is 9.62. The Labute approximate surface area is 150 Å². The second-order valence-corrected chi connectivity index (χ2v) is 7.52. The fourth-order valence-corrected chi connectivity index (χ4v) is 4.42. The summed E-state index contributed by atoms with van der Waals surface area (Å²) in [5.41, 5.74) is 1.09. The highest BCUT2D eigenvalue weighted by Gasteiger charge is 2.36. The van der Waals surface area contributed by atoms with Gasteiger partial charge in [-0.05, 0) is 51.1 Å². The molecule has 0 spiro atoms. The largest absolute Gasteiger partial charge is 0.396 e. The first-order chi connectivity index (χ1) is 12.2. The van der Waals surface area contributed by atoms with Crippen molar-refractivity contribution in [1.29, 1.82) is 0 Å². The number of urea groups is 1. The van der Waals surface area contributed by atoms with E-state index in [9.17, 15) is 4.79 Å². The molecule has 3 rings (SSSR count). The van der Waals surface area contributed by atoms with E-state index in [2.05, 4.69) is 22.6 Å². The molecular formula is C20H31N3O2. The number of carbonyl (C=O) groups excluding carboxylic acids is 1. The van der Waals surface area contributed by atoms with E-state index in [1.807, 2.05) is 30.3 Å². The van der Waals surface area contributed by atoms with Crippen molar-refractivity contribution in [1.82, 2.24) is 15.5 Å². The molecule has 25 heavy (non-hydrogen) atoms. The van der Waals surface area contributed by atoms with Gasteiger partial charge in [-0.15, -0.1) is 0 Å². The van der Waals surface area contributed by atoms with Crippen LogP contribution in [0.4, 0.5) is 4.79 Å². The standard InChI is InChI=1S/C20H31N3O2/c1-23-17-9-5-10-18(23)14-16(13-17)21-20(25)22-19(11-6-12-24)15-7-3-2-4-8-15/h2-4,7-8,16-19,24H,5-6,9-14H2,1H3,(H2,21,22,25). The van der Waals surface area contributed by atoms with E-state index in [1.165, 1.54) is 19.3 Å². The fraction of sp³-hybridized carbons (Fsp3) is 0.650. The molecule has 0 aliphatic carbocycles. The Morgan fingerprint density at radius 2 is 1.92 bits per heavy atom. The first-order valence-corrected chi connectivity index (χ1v) is 9.62. The van der Waals surface area contributed by atoms with Crippen LogP contribution in [-0.4, -0.2) is 47.8 Å². The van der Waals surface area contributed by atoms with Gasteiger partial charge in [0.2, 0.25) is 0 Å². The minimum absolute atomic E-state index is 0.0564. The zero-order valence-corrected chi connectivity index (χ0v) is 15.2. The summed E-state index contributed by atoms with van der Waals surface area (Å²) in [7, 11) is 2.23. The second-order valence-electron chi connectivity index (χ2n) is 7.52. The lowest BCUT2D eigenvalue weighted by Gasteiger charge is -2.47. The third kappa shape index (κ3) is 4.73. The number of benzene rings is 1. The number of nitrogens with zero attached hydrogens (tertiary/aromatic N) is 1. The van der Waals surface area contributed by atoms with Gasteiger partial charge in [-0.1, -0.05) is 36.8 Å². The summed E-state index contributed by atoms with van der Waals surface area (Å²) in [6.45, 7) is 0.144. The Morgan fingerprint density at radius 3 is 2.56 bits per heavy atom. The van der Waals surface area contributed by atoms with Crippen molar-refractivity contribution in [2.75, 3.05) is 13.7 Å². The first kappa shape index (κ1) is 18.2. The van der Waals surface area contributed by atoms with Crippen LogP contribution >= 0.6 is 0 Å². The van der Waals surface area contributed by atoms with Gasteiger partial charge in [0.05, 0.1) is 6.04 Å². The smallest absolute Gasteiger partial charge is 0.315 e. The predicted molar refractivity (Wildman–Crippen MR) is 99.4 cm³/mol. The third-order valence-electron chi connectivity index (χ3n) is 5.83. The molecule has 0 radical (unpaired) electrons. The number of rotatable bonds is 6. The van der Waals surface area contributed by atoms with E-state index in [0.29, 0.717) is 18.5 Å². The van der Waals surface area contributed by atoms with E-state index >= 15 is 0 Å². The predicted octanol–water partition coefficient (Wildman–Crippen LogP) is 2.81. The van der Waals surface area contributed by atoms with Gasteiger partial charge in [-0.25, -0.2) is 4.79 Å². The maximum absolute atomic E-state index is 12.6. The van der Waals surface area contributed by atoms with Gasteiger partial charge in [-0.3, -0.25) is 0 Å². The number of fused-ring (bicyclic) bond motifs is 2. The molecule has 2 aliphatic heterocycles. The number of amides is 2. The van der Waals surface area contributed by atoms with E-state index < -0.39 is 0 Å². The SMILES string of the molecule is CN1C2CCCC1CC(NC(=O)NC(CCCO)c1ccccc1)C2. The second kappa shape index (κ2) is 8.68. The maximum atomic E-state index is 12.6. The van der Waals surface area contributed by atoms with Crippen LogP contribution in [0.3, 0.4) is 0 Å². The van der Waals surface area contributed by atoms with Crippen molar-refractivity contribution in [3.05, 3.63) is 35.9 Å². The molecule has 2 bridgehead atoms. The van der Waals surface area contributed by atoms with E-state index in [1.54, 1.807) is 0 Å². The Bertz CT molecular complexity index is 537. The minimum Gasteiger partial charge on any atom is -0.396 e. The zero-order valence-electron chi connectivity index (χ0n) is 15.2. The normalized spacial score (nSPS) is 27.5. The van der Waals surface area contributed by atoms with Crippen molar-refractivity contribution in [2.24, 2.45) is 0 Å². The summed E-state index contributed by atoms with van der Waals surface area (Å²) in [5.74, 6) is 0. The average Bonchev–Trinajstić information content (AvgIpc) is 2.60. The zero-order chi connectivity index (χ0) is 17.6. The number of aliphatic hydroxyl groups excluding tert-OH is 1. The molecule has 2 heterocycles. The molecule has 5 nitrogen and oxygen atoms in total. The monoisotopic (exact) mass is 345 g/mol. The number of hydrogen-bond donors (Lipinski definition) is 3. The van der Waals surface area contributed by atoms with Crippen LogP contribution in [0.25, 0.3) is 0 Å². The molecule has 0 aromatic heterocycles. The molecule has 2 fully saturated rings. The summed E-state index contributed by atoms with van der Waals surface area (Å²) in [5, 5.41) is 15.5. The highest BCUT2D eigenvalue weighted by atomic mass is 16.3. The molecule has 138 valence electrons. The molecule has 1 aromatic carbocycles. The molecule has 2 saturated heterocycles. The van der Waals surface area contributed by atoms with Gasteiger partial charge in [0, 0.05) is 24.7 Å². The summed E-state index contributed by atoms with van der Waals surface area (Å²) < 4.78 is 0. The van der Waals surface area contributed by atoms with Gasteiger partial charge < -0.3 is 20.6 Å². The number of piperidine rings is 2. The molecular weight excluding hydrogens is 314 g/mol. The molecule has 2 aliphatic rings. The molecule has 0 saturated carbocycles. The van der Waals surface area contributed by atoms with Gasteiger partial charge in [-0.2, -0.15) is 0 Å². The van der Waals surface area contributed by atoms with Crippen LogP contribution in [-0.2, 0) is 0 Å². The van der Waals surface area contributed by atoms with Crippen molar-refractivity contribution >= 4 is 6.03 Å². The lowest BCUT2D eigenvalue weighted by Crippen LogP contribution is -2.56. The summed E-state index contributed by atoms with van der Waals surface area (Å²) >= 11 is 0. The lowest BCUT2D eigenvalue weighted by atomic mass is 9.82. The van der Waals surface area contributed by atoms with E-state index in [-0.39, 0.29) is 24.7 Å². The van der Waals surface area contributed by atoms with E-state index in [0.717, 1.165) is 24.8 Å². The Kier molecular flexibility index (Phi) is 6.32. The molecule has 3 unspecified atom stereocenters. The summed E-state index contributed by atoms with van der Waals surface area (Å²) in [6.07, 6.45) is 7.33. The van der Waals surface area contributed by atoms with Crippen LogP contribution in [0.1, 0.15) is 56.6 Å². The number of nitrogens with one attached hydrogen (secondary N) is 2. The highest BCUT2D eigenvalue weighted by molar-refractivity contribution is 5.74. The lowest BCUT2D eigenvalue weighted by molar-refractivity contribution is 0.0508. The fourth-order valence-electron chi connectivity index (χ4n) is 4.42. The Hall–Kier alpha value is -1.59. The number of carbonyl (C=O) groups is 1. The molecule has 2 amide bonds. The van der Waals surface area contributed by atoms with Gasteiger partial charge in [0.1, 0.15) is 0 Å². The van der Waals surface area contributed by atoms with Crippen LogP contribution in [0.2, 0.25) is 0 Å². The van der Waals surface area contributed by atoms with Crippen molar-refractivity contribution < 1.29 is 9.90 Å². The molecule has 3 N–H and O–H groups in total. The van der Waals surface area contributed by atoms with E-state index in [4.69, 9.17) is 5.11 Å². The molecule has 3 atom stereocenters.